The van der Waals surface area contributed by atoms with E-state index in [1.165, 1.54) is 29.5 Å². The number of benzene rings is 2. The van der Waals surface area contributed by atoms with Crippen molar-refractivity contribution in [1.82, 2.24) is 9.88 Å². The van der Waals surface area contributed by atoms with Crippen molar-refractivity contribution in [2.75, 3.05) is 38.7 Å². The number of nitrogens with zero attached hydrogens (tertiary/aromatic N) is 4. The third-order valence-electron chi connectivity index (χ3n) is 4.44. The molecule has 1 amide bonds. The van der Waals surface area contributed by atoms with Crippen LogP contribution >= 0.6 is 23.7 Å². The Hall–Kier alpha value is -3.01. The summed E-state index contributed by atoms with van der Waals surface area (Å²) in [6.07, 6.45) is 3.00. The predicted molar refractivity (Wildman–Crippen MR) is 131 cm³/mol. The monoisotopic (exact) mass is 476 g/mol. The van der Waals surface area contributed by atoms with E-state index >= 15 is 0 Å². The maximum atomic E-state index is 13.1. The fourth-order valence-electron chi connectivity index (χ4n) is 2.90. The van der Waals surface area contributed by atoms with Gasteiger partial charge in [-0.1, -0.05) is 29.5 Å². The first-order valence-corrected chi connectivity index (χ1v) is 10.6. The van der Waals surface area contributed by atoms with E-state index in [4.69, 9.17) is 4.74 Å². The summed E-state index contributed by atoms with van der Waals surface area (Å²) in [7, 11) is 3.88. The Balaban J connectivity index is 0.00000363. The van der Waals surface area contributed by atoms with E-state index in [-0.39, 0.29) is 24.0 Å². The average Bonchev–Trinajstić information content (AvgIpc) is 3.17. The third-order valence-corrected chi connectivity index (χ3v) is 5.48. The van der Waals surface area contributed by atoms with Crippen LogP contribution in [0.1, 0.15) is 12.5 Å². The molecular weight excluding hydrogens is 452 g/mol. The standard InChI is InChI=1S/C22H24N4O4S.ClH/c1-4-30-18-9-6-10-19-21(18)23-22(31-19)25(14-13-24(2)3)20(27)12-11-16-7-5-8-17(15-16)26(28)29;/h5-12,15H,4,13-14H2,1-3H3;1H. The van der Waals surface area contributed by atoms with Crippen LogP contribution in [0.25, 0.3) is 16.3 Å². The van der Waals surface area contributed by atoms with Crippen molar-refractivity contribution in [3.05, 3.63) is 64.2 Å². The number of hydrogen-bond acceptors (Lipinski definition) is 7. The lowest BCUT2D eigenvalue weighted by Gasteiger charge is -2.20. The van der Waals surface area contributed by atoms with Gasteiger partial charge in [-0.3, -0.25) is 19.8 Å². The molecule has 0 bridgehead atoms. The largest absolute Gasteiger partial charge is 0.492 e. The molecule has 0 unspecified atom stereocenters. The van der Waals surface area contributed by atoms with Crippen LogP contribution in [0, 0.1) is 10.1 Å². The van der Waals surface area contributed by atoms with Crippen molar-refractivity contribution in [2.24, 2.45) is 0 Å². The Morgan fingerprint density at radius 1 is 1.22 bits per heavy atom. The maximum Gasteiger partial charge on any atom is 0.270 e. The van der Waals surface area contributed by atoms with Crippen molar-refractivity contribution < 1.29 is 14.5 Å². The molecule has 0 aliphatic rings. The molecule has 0 saturated heterocycles. The number of aromatic nitrogens is 1. The van der Waals surface area contributed by atoms with Crippen LogP contribution in [0.4, 0.5) is 10.8 Å². The van der Waals surface area contributed by atoms with Crippen LogP contribution in [0.3, 0.4) is 0 Å². The smallest absolute Gasteiger partial charge is 0.270 e. The molecule has 0 radical (unpaired) electrons. The van der Waals surface area contributed by atoms with E-state index in [0.717, 1.165) is 10.2 Å². The van der Waals surface area contributed by atoms with E-state index < -0.39 is 4.92 Å². The predicted octanol–water partition coefficient (Wildman–Crippen LogP) is 4.63. The summed E-state index contributed by atoms with van der Waals surface area (Å²) in [5.41, 5.74) is 1.29. The molecular formula is C22H25ClN4O4S. The van der Waals surface area contributed by atoms with Gasteiger partial charge in [0.1, 0.15) is 11.3 Å². The summed E-state index contributed by atoms with van der Waals surface area (Å²) in [6.45, 7) is 3.55. The number of para-hydroxylation sites is 1. The zero-order valence-electron chi connectivity index (χ0n) is 18.1. The van der Waals surface area contributed by atoms with E-state index in [9.17, 15) is 14.9 Å². The quantitative estimate of drug-likeness (QED) is 0.254. The molecule has 0 N–H and O–H groups in total. The van der Waals surface area contributed by atoms with Crippen LogP contribution in [0.15, 0.2) is 48.5 Å². The van der Waals surface area contributed by atoms with E-state index in [2.05, 4.69) is 4.98 Å². The molecule has 0 fully saturated rings. The van der Waals surface area contributed by atoms with Crippen molar-refractivity contribution in [3.8, 4) is 5.75 Å². The molecule has 0 aliphatic carbocycles. The summed E-state index contributed by atoms with van der Waals surface area (Å²) in [5.74, 6) is 0.444. The van der Waals surface area contributed by atoms with E-state index in [1.54, 1.807) is 23.1 Å². The highest BCUT2D eigenvalue weighted by atomic mass is 35.5. The Kier molecular flexibility index (Phi) is 9.13. The molecule has 32 heavy (non-hydrogen) atoms. The number of carbonyl (C=O) groups excluding carboxylic acids is 1. The number of amides is 1. The zero-order valence-corrected chi connectivity index (χ0v) is 19.7. The van der Waals surface area contributed by atoms with Crippen molar-refractivity contribution in [3.63, 3.8) is 0 Å². The van der Waals surface area contributed by atoms with E-state index in [0.29, 0.717) is 36.1 Å². The molecule has 0 aliphatic heterocycles. The van der Waals surface area contributed by atoms with Gasteiger partial charge in [0.15, 0.2) is 5.13 Å². The number of likely N-dealkylation sites (N-methyl/N-ethyl adjacent to an activating group) is 1. The van der Waals surface area contributed by atoms with Gasteiger partial charge in [0, 0.05) is 31.3 Å². The van der Waals surface area contributed by atoms with Gasteiger partial charge in [-0.15, -0.1) is 12.4 Å². The molecule has 10 heteroatoms. The van der Waals surface area contributed by atoms with Gasteiger partial charge >= 0.3 is 0 Å². The lowest BCUT2D eigenvalue weighted by Crippen LogP contribution is -2.35. The minimum Gasteiger partial charge on any atom is -0.492 e. The van der Waals surface area contributed by atoms with Crippen molar-refractivity contribution in [1.29, 1.82) is 0 Å². The van der Waals surface area contributed by atoms with Crippen LogP contribution in [0.2, 0.25) is 0 Å². The Bertz CT molecular complexity index is 1120. The molecule has 170 valence electrons. The molecule has 8 nitrogen and oxygen atoms in total. The van der Waals surface area contributed by atoms with E-state index in [1.807, 2.05) is 44.1 Å². The summed E-state index contributed by atoms with van der Waals surface area (Å²) >= 11 is 1.43. The molecule has 0 saturated carbocycles. The fourth-order valence-corrected chi connectivity index (χ4v) is 3.91. The number of carbonyl (C=O) groups is 1. The SMILES string of the molecule is CCOc1cccc2sc(N(CCN(C)C)C(=O)C=Cc3cccc([N+](=O)[O-])c3)nc12.Cl. The molecule has 1 aromatic heterocycles. The van der Waals surface area contributed by atoms with Crippen LogP contribution < -0.4 is 9.64 Å². The molecule has 2 aromatic carbocycles. The second kappa shape index (κ2) is 11.6. The number of halogens is 1. The highest BCUT2D eigenvalue weighted by Crippen LogP contribution is 2.34. The molecule has 0 spiro atoms. The van der Waals surface area contributed by atoms with Gasteiger partial charge in [0.2, 0.25) is 0 Å². The van der Waals surface area contributed by atoms with Gasteiger partial charge in [0.05, 0.1) is 16.2 Å². The lowest BCUT2D eigenvalue weighted by atomic mass is 10.2. The number of rotatable bonds is 9. The van der Waals surface area contributed by atoms with Crippen LogP contribution in [-0.4, -0.2) is 54.5 Å². The number of ether oxygens (including phenoxy) is 1. The van der Waals surface area contributed by atoms with Gasteiger partial charge in [-0.25, -0.2) is 4.98 Å². The Morgan fingerprint density at radius 2 is 1.97 bits per heavy atom. The number of thiazole rings is 1. The highest BCUT2D eigenvalue weighted by Gasteiger charge is 2.19. The molecule has 1 heterocycles. The Morgan fingerprint density at radius 3 is 2.66 bits per heavy atom. The number of nitro benzene ring substituents is 1. The van der Waals surface area contributed by atoms with Crippen molar-refractivity contribution in [2.45, 2.75) is 6.92 Å². The van der Waals surface area contributed by atoms with Gasteiger partial charge in [-0.05, 0) is 44.8 Å². The minimum atomic E-state index is -0.459. The number of fused-ring (bicyclic) bond motifs is 1. The highest BCUT2D eigenvalue weighted by molar-refractivity contribution is 7.22. The Labute approximate surface area is 196 Å². The summed E-state index contributed by atoms with van der Waals surface area (Å²) < 4.78 is 6.61. The average molecular weight is 477 g/mol. The van der Waals surface area contributed by atoms with Gasteiger partial charge < -0.3 is 9.64 Å². The van der Waals surface area contributed by atoms with Gasteiger partial charge in [0.25, 0.3) is 11.6 Å². The number of anilines is 1. The van der Waals surface area contributed by atoms with Crippen molar-refractivity contribution >= 4 is 56.8 Å². The number of non-ortho nitro benzene ring substituents is 1. The normalized spacial score (nSPS) is 11.0. The first kappa shape index (κ1) is 25.3. The first-order valence-electron chi connectivity index (χ1n) is 9.80. The molecule has 0 atom stereocenters. The topological polar surface area (TPSA) is 88.8 Å². The van der Waals surface area contributed by atoms with Gasteiger partial charge in [-0.2, -0.15) is 0 Å². The number of hydrogen-bond donors (Lipinski definition) is 0. The second-order valence-electron chi connectivity index (χ2n) is 7.01. The maximum absolute atomic E-state index is 13.1. The van der Waals surface area contributed by atoms with Crippen LogP contribution in [-0.2, 0) is 4.79 Å². The summed E-state index contributed by atoms with van der Waals surface area (Å²) in [4.78, 5) is 31.9. The third kappa shape index (κ3) is 6.25. The number of nitro groups is 1. The summed E-state index contributed by atoms with van der Waals surface area (Å²) in [6, 6.07) is 11.9. The molecule has 3 rings (SSSR count). The lowest BCUT2D eigenvalue weighted by molar-refractivity contribution is -0.384. The first-order chi connectivity index (χ1) is 14.9. The molecule has 3 aromatic rings. The zero-order chi connectivity index (χ0) is 22.4. The summed E-state index contributed by atoms with van der Waals surface area (Å²) in [5, 5.41) is 11.6. The van der Waals surface area contributed by atoms with Crippen LogP contribution in [0.5, 0.6) is 5.75 Å². The minimum absolute atomic E-state index is 0. The second-order valence-corrected chi connectivity index (χ2v) is 8.02. The fraction of sp³-hybridized carbons (Fsp3) is 0.273.